The van der Waals surface area contributed by atoms with Crippen LogP contribution in [0.3, 0.4) is 0 Å². The third-order valence-corrected chi connectivity index (χ3v) is 0. The van der Waals surface area contributed by atoms with E-state index in [2.05, 4.69) is 0 Å². The molecular weight excluding hydrogens is 199 g/mol. The molecule has 2 nitrogen and oxygen atoms in total. The molecule has 0 unspecified atom stereocenters. The van der Waals surface area contributed by atoms with Crippen LogP contribution in [0, 0.1) is 35.6 Å². The van der Waals surface area contributed by atoms with Gasteiger partial charge in [-0.15, -0.1) is 0 Å². The first kappa shape index (κ1) is 8.89. The maximum Gasteiger partial charge on any atom is 0.549 e. The minimum atomic E-state index is -1.42. The molecule has 0 N–H and O–H groups in total. The van der Waals surface area contributed by atoms with Gasteiger partial charge in [-0.05, 0) is 0 Å². The number of hydrogen-bond donors (Lipinski definition) is 0. The van der Waals surface area contributed by atoms with Crippen molar-refractivity contribution in [3.8, 4) is 0 Å². The Kier molecular flexibility index (Phi) is 20.0. The van der Waals surface area contributed by atoms with E-state index in [0.717, 1.165) is 0 Å². The third-order valence-electron chi connectivity index (χ3n) is 0. The van der Waals surface area contributed by atoms with Crippen LogP contribution in [0.5, 0.6) is 0 Å². The van der Waals surface area contributed by atoms with E-state index in [9.17, 15) is 0 Å². The smallest absolute Gasteiger partial charge is 0.274 e. The molecule has 0 aromatic heterocycles. The fourth-order valence-electron chi connectivity index (χ4n) is 0. The van der Waals surface area contributed by atoms with Gasteiger partial charge < -0.3 is 0 Å². The quantitative estimate of drug-likeness (QED) is 0.487. The van der Waals surface area contributed by atoms with E-state index in [1.807, 2.05) is 0 Å². The molecule has 4 heteroatoms. The first-order valence-electron chi connectivity index (χ1n) is 0.408. The van der Waals surface area contributed by atoms with E-state index in [1.54, 1.807) is 0 Å². The van der Waals surface area contributed by atoms with Gasteiger partial charge in [-0.1, -0.05) is 0 Å². The Labute approximate surface area is 53.5 Å². The predicted octanol–water partition coefficient (Wildman–Crippen LogP) is -0.618. The summed E-state index contributed by atoms with van der Waals surface area (Å²) in [4.78, 5) is 0. The van der Waals surface area contributed by atoms with Crippen molar-refractivity contribution in [2.24, 2.45) is 0 Å². The molecule has 19 valence electrons. The third kappa shape index (κ3) is 11.9. The molecule has 0 aliphatic heterocycles. The van der Waals surface area contributed by atoms with Crippen molar-refractivity contribution in [3.63, 3.8) is 0 Å². The first-order chi connectivity index (χ1) is 1.41. The van der Waals surface area contributed by atoms with E-state index < -0.39 is 9.29 Å². The largest absolute Gasteiger partial charge is 0.549 e. The number of rotatable bonds is 0. The molecule has 0 saturated carbocycles. The van der Waals surface area contributed by atoms with Crippen molar-refractivity contribution in [1.29, 1.82) is 0 Å². The van der Waals surface area contributed by atoms with Gasteiger partial charge in [-0.25, -0.2) is 0 Å². The normalized spacial score (nSPS) is 2.00. The van der Waals surface area contributed by atoms with Crippen LogP contribution in [0.15, 0.2) is 0 Å². The van der Waals surface area contributed by atoms with Crippen LogP contribution < -0.4 is 0 Å². The zero-order valence-electron chi connectivity index (χ0n) is 1.89. The summed E-state index contributed by atoms with van der Waals surface area (Å²) in [6.45, 7) is 0. The van der Waals surface area contributed by atoms with Crippen LogP contribution in [0.4, 0.5) is 0 Å². The predicted molar refractivity (Wildman–Crippen MR) is 7.13 cm³/mol. The van der Waals surface area contributed by atoms with Gasteiger partial charge in [0.25, 0.3) is 0 Å². The van der Waals surface area contributed by atoms with Crippen molar-refractivity contribution in [2.45, 2.75) is 0 Å². The SMILES string of the molecule is O=[Si]=O.[La]. The molecular formula is LaO2Si. The van der Waals surface area contributed by atoms with E-state index in [1.165, 1.54) is 0 Å². The summed E-state index contributed by atoms with van der Waals surface area (Å²) in [5.41, 5.74) is 0. The monoisotopic (exact) mass is 199 g/mol. The van der Waals surface area contributed by atoms with Crippen molar-refractivity contribution in [1.82, 2.24) is 0 Å². The minimum Gasteiger partial charge on any atom is -0.274 e. The van der Waals surface area contributed by atoms with Crippen LogP contribution in [-0.4, -0.2) is 9.29 Å². The van der Waals surface area contributed by atoms with E-state index in [4.69, 9.17) is 8.92 Å². The van der Waals surface area contributed by atoms with Crippen molar-refractivity contribution < 1.29 is 44.5 Å². The summed E-state index contributed by atoms with van der Waals surface area (Å²) >= 11 is 0. The molecule has 0 aromatic rings. The zero-order valence-corrected chi connectivity index (χ0v) is 6.52. The van der Waals surface area contributed by atoms with E-state index in [-0.39, 0.29) is 35.6 Å². The Hall–Kier alpha value is 1.01. The molecule has 0 aliphatic rings. The standard InChI is InChI=1S/La.O2Si/c;1-3-2. The Balaban J connectivity index is 0. The molecule has 0 spiro atoms. The molecule has 0 rings (SSSR count). The number of hydrogen-bond acceptors (Lipinski definition) is 2. The maximum atomic E-state index is 8.40. The topological polar surface area (TPSA) is 34.1 Å². The second-order valence-corrected chi connectivity index (χ2v) is 0.250. The molecule has 0 fully saturated rings. The molecule has 0 bridgehead atoms. The average Bonchev–Trinajstić information content (AvgIpc) is 0.918. The Morgan fingerprint density at radius 1 is 1.25 bits per heavy atom. The summed E-state index contributed by atoms with van der Waals surface area (Å²) in [7, 11) is -1.42. The van der Waals surface area contributed by atoms with E-state index >= 15 is 0 Å². The van der Waals surface area contributed by atoms with Crippen LogP contribution in [0.1, 0.15) is 0 Å². The van der Waals surface area contributed by atoms with Gasteiger partial charge in [-0.2, -0.15) is 0 Å². The van der Waals surface area contributed by atoms with Crippen LogP contribution in [-0.2, 0) is 8.92 Å². The van der Waals surface area contributed by atoms with Gasteiger partial charge in [0.15, 0.2) is 0 Å². The second kappa shape index (κ2) is 8.99. The Morgan fingerprint density at radius 2 is 1.25 bits per heavy atom. The van der Waals surface area contributed by atoms with Crippen LogP contribution in [0.2, 0.25) is 0 Å². The van der Waals surface area contributed by atoms with Crippen LogP contribution in [0.25, 0.3) is 0 Å². The van der Waals surface area contributed by atoms with Gasteiger partial charge in [-0.3, -0.25) is 8.92 Å². The zero-order chi connectivity index (χ0) is 2.71. The van der Waals surface area contributed by atoms with Crippen molar-refractivity contribution >= 4 is 9.29 Å². The summed E-state index contributed by atoms with van der Waals surface area (Å²) < 4.78 is 16.8. The molecule has 0 amide bonds. The Bertz CT molecular complexity index is 27.0. The van der Waals surface area contributed by atoms with Crippen LogP contribution >= 0.6 is 0 Å². The molecule has 0 saturated heterocycles. The van der Waals surface area contributed by atoms with E-state index in [0.29, 0.717) is 0 Å². The minimum absolute atomic E-state index is 0. The molecule has 1 radical (unpaired) electrons. The van der Waals surface area contributed by atoms with Gasteiger partial charge in [0, 0.05) is 35.6 Å². The molecule has 0 aromatic carbocycles. The second-order valence-electron chi connectivity index (χ2n) is 0.0833. The average molecular weight is 199 g/mol. The van der Waals surface area contributed by atoms with Crippen molar-refractivity contribution in [2.75, 3.05) is 0 Å². The fourth-order valence-corrected chi connectivity index (χ4v) is 0. The summed E-state index contributed by atoms with van der Waals surface area (Å²) in [5, 5.41) is 0. The summed E-state index contributed by atoms with van der Waals surface area (Å²) in [5.74, 6) is 0. The van der Waals surface area contributed by atoms with Gasteiger partial charge in [0.1, 0.15) is 0 Å². The summed E-state index contributed by atoms with van der Waals surface area (Å²) in [6.07, 6.45) is 0. The van der Waals surface area contributed by atoms with Gasteiger partial charge in [0.2, 0.25) is 0 Å². The maximum absolute atomic E-state index is 8.40. The Morgan fingerprint density at radius 3 is 1.25 bits per heavy atom. The fraction of sp³-hybridized carbons (Fsp3) is 0. The first-order valence-corrected chi connectivity index (χ1v) is 1.22. The molecule has 0 atom stereocenters. The van der Waals surface area contributed by atoms with Gasteiger partial charge in [0.05, 0.1) is 0 Å². The molecule has 4 heavy (non-hydrogen) atoms. The van der Waals surface area contributed by atoms with Crippen molar-refractivity contribution in [3.05, 3.63) is 0 Å². The van der Waals surface area contributed by atoms with Gasteiger partial charge >= 0.3 is 9.29 Å². The molecule has 0 heterocycles. The molecule has 0 aliphatic carbocycles. The summed E-state index contributed by atoms with van der Waals surface area (Å²) in [6, 6.07) is 0.